The molecule has 0 bridgehead atoms. The fraction of sp³-hybridized carbons (Fsp3) is 0.812. The molecule has 0 spiro atoms. The SMILES string of the molecule is CCCCN(CCCC)C(CN)c1cn(C)nc1CC. The third-order valence-corrected chi connectivity index (χ3v) is 3.89. The Bertz CT molecular complexity index is 365. The van der Waals surface area contributed by atoms with Gasteiger partial charge in [-0.05, 0) is 32.4 Å². The highest BCUT2D eigenvalue weighted by atomic mass is 15.3. The predicted octanol–water partition coefficient (Wildman–Crippen LogP) is 2.88. The number of nitrogens with zero attached hydrogens (tertiary/aromatic N) is 3. The minimum absolute atomic E-state index is 0.316. The maximum absolute atomic E-state index is 6.10. The van der Waals surface area contributed by atoms with Gasteiger partial charge in [-0.3, -0.25) is 9.58 Å². The van der Waals surface area contributed by atoms with E-state index in [4.69, 9.17) is 5.73 Å². The van der Waals surface area contributed by atoms with Gasteiger partial charge in [-0.2, -0.15) is 5.10 Å². The number of hydrogen-bond acceptors (Lipinski definition) is 3. The second-order valence-corrected chi connectivity index (χ2v) is 5.55. The molecule has 4 heteroatoms. The van der Waals surface area contributed by atoms with Gasteiger partial charge in [0.15, 0.2) is 0 Å². The highest BCUT2D eigenvalue weighted by Gasteiger charge is 2.22. The lowest BCUT2D eigenvalue weighted by Gasteiger charge is -2.31. The molecule has 0 saturated heterocycles. The van der Waals surface area contributed by atoms with Gasteiger partial charge >= 0.3 is 0 Å². The molecule has 4 nitrogen and oxygen atoms in total. The molecule has 116 valence electrons. The molecular weight excluding hydrogens is 248 g/mol. The summed E-state index contributed by atoms with van der Waals surface area (Å²) in [7, 11) is 2.00. The Balaban J connectivity index is 2.91. The van der Waals surface area contributed by atoms with E-state index in [0.717, 1.165) is 19.5 Å². The van der Waals surface area contributed by atoms with Gasteiger partial charge in [0, 0.05) is 25.4 Å². The van der Waals surface area contributed by atoms with Gasteiger partial charge in [-0.25, -0.2) is 0 Å². The molecule has 1 unspecified atom stereocenters. The predicted molar refractivity (Wildman–Crippen MR) is 85.8 cm³/mol. The molecule has 0 fully saturated rings. The first-order valence-electron chi connectivity index (χ1n) is 8.14. The Morgan fingerprint density at radius 3 is 2.25 bits per heavy atom. The van der Waals surface area contributed by atoms with Crippen molar-refractivity contribution in [1.82, 2.24) is 14.7 Å². The molecule has 0 amide bonds. The van der Waals surface area contributed by atoms with Crippen molar-refractivity contribution in [2.24, 2.45) is 12.8 Å². The Labute approximate surface area is 124 Å². The second-order valence-electron chi connectivity index (χ2n) is 5.55. The zero-order valence-corrected chi connectivity index (χ0v) is 13.7. The molecule has 0 aliphatic rings. The maximum Gasteiger partial charge on any atom is 0.0670 e. The molecule has 0 aromatic carbocycles. The molecule has 0 radical (unpaired) electrons. The van der Waals surface area contributed by atoms with E-state index in [-0.39, 0.29) is 0 Å². The van der Waals surface area contributed by atoms with Gasteiger partial charge < -0.3 is 5.73 Å². The Kier molecular flexibility index (Phi) is 7.85. The van der Waals surface area contributed by atoms with Crippen LogP contribution in [0.3, 0.4) is 0 Å². The van der Waals surface area contributed by atoms with Gasteiger partial charge in [-0.15, -0.1) is 0 Å². The molecule has 1 aromatic rings. The lowest BCUT2D eigenvalue weighted by atomic mass is 10.0. The number of rotatable bonds is 10. The van der Waals surface area contributed by atoms with E-state index in [0.29, 0.717) is 12.6 Å². The van der Waals surface area contributed by atoms with E-state index in [1.807, 2.05) is 11.7 Å². The number of unbranched alkanes of at least 4 members (excludes halogenated alkanes) is 2. The highest BCUT2D eigenvalue weighted by Crippen LogP contribution is 2.24. The van der Waals surface area contributed by atoms with Crippen molar-refractivity contribution in [2.45, 2.75) is 58.9 Å². The van der Waals surface area contributed by atoms with E-state index in [9.17, 15) is 0 Å². The zero-order chi connectivity index (χ0) is 15.0. The van der Waals surface area contributed by atoms with Crippen molar-refractivity contribution in [2.75, 3.05) is 19.6 Å². The molecule has 2 N–H and O–H groups in total. The maximum atomic E-state index is 6.10. The average Bonchev–Trinajstić information content (AvgIpc) is 2.82. The minimum Gasteiger partial charge on any atom is -0.329 e. The minimum atomic E-state index is 0.316. The molecule has 1 atom stereocenters. The monoisotopic (exact) mass is 280 g/mol. The number of aromatic nitrogens is 2. The van der Waals surface area contributed by atoms with Crippen LogP contribution in [0.2, 0.25) is 0 Å². The topological polar surface area (TPSA) is 47.1 Å². The smallest absolute Gasteiger partial charge is 0.0670 e. The lowest BCUT2D eigenvalue weighted by molar-refractivity contribution is 0.194. The van der Waals surface area contributed by atoms with E-state index in [1.54, 1.807) is 0 Å². The number of nitrogens with two attached hydrogens (primary N) is 1. The summed E-state index contributed by atoms with van der Waals surface area (Å²) in [5.74, 6) is 0. The Morgan fingerprint density at radius 1 is 1.20 bits per heavy atom. The fourth-order valence-corrected chi connectivity index (χ4v) is 2.72. The van der Waals surface area contributed by atoms with Crippen molar-refractivity contribution in [3.8, 4) is 0 Å². The summed E-state index contributed by atoms with van der Waals surface area (Å²) in [6.45, 7) is 9.61. The van der Waals surface area contributed by atoms with Crippen LogP contribution in [0.1, 0.15) is 63.8 Å². The molecule has 0 saturated carbocycles. The van der Waals surface area contributed by atoms with Crippen LogP contribution < -0.4 is 5.73 Å². The quantitative estimate of drug-likeness (QED) is 0.717. The van der Waals surface area contributed by atoms with E-state index >= 15 is 0 Å². The highest BCUT2D eigenvalue weighted by molar-refractivity contribution is 5.22. The van der Waals surface area contributed by atoms with E-state index in [2.05, 4.69) is 37.0 Å². The Hall–Kier alpha value is -0.870. The van der Waals surface area contributed by atoms with Gasteiger partial charge in [0.2, 0.25) is 0 Å². The second kappa shape index (κ2) is 9.14. The Morgan fingerprint density at radius 2 is 1.80 bits per heavy atom. The van der Waals surface area contributed by atoms with Gasteiger partial charge in [0.25, 0.3) is 0 Å². The number of hydrogen-bond donors (Lipinski definition) is 1. The normalized spacial score (nSPS) is 13.1. The van der Waals surface area contributed by atoms with Crippen LogP contribution in [-0.2, 0) is 13.5 Å². The van der Waals surface area contributed by atoms with Crippen LogP contribution in [0.15, 0.2) is 6.20 Å². The van der Waals surface area contributed by atoms with Crippen molar-refractivity contribution in [1.29, 1.82) is 0 Å². The van der Waals surface area contributed by atoms with Crippen LogP contribution >= 0.6 is 0 Å². The molecule has 1 heterocycles. The molecular formula is C16H32N4. The summed E-state index contributed by atoms with van der Waals surface area (Å²) in [5, 5.41) is 4.58. The van der Waals surface area contributed by atoms with E-state index in [1.165, 1.54) is 36.9 Å². The molecule has 0 aliphatic heterocycles. The lowest BCUT2D eigenvalue weighted by Crippen LogP contribution is -2.35. The third-order valence-electron chi connectivity index (χ3n) is 3.89. The van der Waals surface area contributed by atoms with Crippen LogP contribution in [-0.4, -0.2) is 34.3 Å². The zero-order valence-electron chi connectivity index (χ0n) is 13.7. The molecule has 1 rings (SSSR count). The number of aryl methyl sites for hydroxylation is 2. The van der Waals surface area contributed by atoms with Gasteiger partial charge in [0.1, 0.15) is 0 Å². The van der Waals surface area contributed by atoms with Gasteiger partial charge in [0.05, 0.1) is 11.7 Å². The first-order chi connectivity index (χ1) is 9.67. The standard InChI is InChI=1S/C16H32N4/c1-5-8-10-20(11-9-6-2)16(12-17)14-13-19(4)18-15(14)7-3/h13,16H,5-12,17H2,1-4H3. The van der Waals surface area contributed by atoms with Crippen molar-refractivity contribution in [3.63, 3.8) is 0 Å². The molecule has 1 aromatic heterocycles. The summed E-state index contributed by atoms with van der Waals surface area (Å²) in [4.78, 5) is 2.56. The van der Waals surface area contributed by atoms with E-state index < -0.39 is 0 Å². The summed E-state index contributed by atoms with van der Waals surface area (Å²) in [6, 6.07) is 0.316. The van der Waals surface area contributed by atoms with Crippen molar-refractivity contribution < 1.29 is 0 Å². The van der Waals surface area contributed by atoms with Crippen molar-refractivity contribution >= 4 is 0 Å². The summed E-state index contributed by atoms with van der Waals surface area (Å²) in [5.41, 5.74) is 8.62. The first kappa shape index (κ1) is 17.2. The largest absolute Gasteiger partial charge is 0.329 e. The van der Waals surface area contributed by atoms with Crippen molar-refractivity contribution in [3.05, 3.63) is 17.5 Å². The fourth-order valence-electron chi connectivity index (χ4n) is 2.72. The van der Waals surface area contributed by atoms with Crippen LogP contribution in [0.25, 0.3) is 0 Å². The van der Waals surface area contributed by atoms with Gasteiger partial charge in [-0.1, -0.05) is 33.6 Å². The summed E-state index contributed by atoms with van der Waals surface area (Å²) >= 11 is 0. The summed E-state index contributed by atoms with van der Waals surface area (Å²) in [6.07, 6.45) is 8.06. The van der Waals surface area contributed by atoms with Crippen LogP contribution in [0, 0.1) is 0 Å². The first-order valence-corrected chi connectivity index (χ1v) is 8.14. The molecule has 20 heavy (non-hydrogen) atoms. The van der Waals surface area contributed by atoms with Crippen LogP contribution in [0.5, 0.6) is 0 Å². The molecule has 0 aliphatic carbocycles. The third kappa shape index (κ3) is 4.60. The summed E-state index contributed by atoms with van der Waals surface area (Å²) < 4.78 is 1.93. The van der Waals surface area contributed by atoms with Crippen LogP contribution in [0.4, 0.5) is 0 Å². The average molecular weight is 280 g/mol.